The molecular weight excluding hydrogens is 741 g/mol. The van der Waals surface area contributed by atoms with Gasteiger partial charge < -0.3 is 34.4 Å². The summed E-state index contributed by atoms with van der Waals surface area (Å²) in [4.78, 5) is 71.8. The van der Waals surface area contributed by atoms with Crippen molar-refractivity contribution in [2.45, 2.75) is 77.8 Å². The maximum absolute atomic E-state index is 14.4. The van der Waals surface area contributed by atoms with Gasteiger partial charge in [-0.2, -0.15) is 0 Å². The molecule has 1 saturated heterocycles. The van der Waals surface area contributed by atoms with E-state index in [0.29, 0.717) is 11.8 Å². The number of ether oxygens (including phenoxy) is 3. The Morgan fingerprint density at radius 3 is 2.14 bits per heavy atom. The smallest absolute Gasteiger partial charge is 0.410 e. The third kappa shape index (κ3) is 11.5. The molecule has 13 nitrogen and oxygen atoms in total. The molecule has 0 spiro atoms. The van der Waals surface area contributed by atoms with E-state index in [9.17, 15) is 29.1 Å². The Morgan fingerprint density at radius 1 is 0.862 bits per heavy atom. The van der Waals surface area contributed by atoms with E-state index in [-0.39, 0.29) is 56.5 Å². The number of piperazine rings is 1. The van der Waals surface area contributed by atoms with E-state index in [1.807, 2.05) is 105 Å². The van der Waals surface area contributed by atoms with Crippen LogP contribution in [0.4, 0.5) is 9.59 Å². The number of carbonyl (C=O) groups is 5. The largest absolute Gasteiger partial charge is 0.491 e. The summed E-state index contributed by atoms with van der Waals surface area (Å²) < 4.78 is 17.7. The van der Waals surface area contributed by atoms with E-state index < -0.39 is 53.7 Å². The van der Waals surface area contributed by atoms with Crippen LogP contribution in [0.5, 0.6) is 5.75 Å². The Morgan fingerprint density at radius 2 is 1.50 bits per heavy atom. The van der Waals surface area contributed by atoms with Crippen LogP contribution in [-0.4, -0.2) is 107 Å². The Labute approximate surface area is 339 Å². The molecule has 0 bridgehead atoms. The lowest BCUT2D eigenvalue weighted by atomic mass is 9.99. The van der Waals surface area contributed by atoms with Crippen molar-refractivity contribution in [3.8, 4) is 5.75 Å². The number of nitrogens with zero attached hydrogens (tertiary/aromatic N) is 3. The normalized spacial score (nSPS) is 15.3. The number of carbonyl (C=O) groups excluding carboxylic acids is 4. The fourth-order valence-electron chi connectivity index (χ4n) is 6.88. The number of esters is 1. The average Bonchev–Trinajstić information content (AvgIpc) is 3.20. The quantitative estimate of drug-likeness (QED) is 0.132. The van der Waals surface area contributed by atoms with Gasteiger partial charge in [0.15, 0.2) is 0 Å². The molecule has 58 heavy (non-hydrogen) atoms. The Hall–Kier alpha value is -6.11. The third-order valence-corrected chi connectivity index (χ3v) is 9.78. The van der Waals surface area contributed by atoms with Crippen molar-refractivity contribution in [3.05, 3.63) is 114 Å². The third-order valence-electron chi connectivity index (χ3n) is 9.78. The fraction of sp³-hybridized carbons (Fsp3) is 0.400. The van der Waals surface area contributed by atoms with Gasteiger partial charge in [-0.1, -0.05) is 105 Å². The molecule has 0 radical (unpaired) electrons. The molecular formula is C45H54N4O9. The number of benzene rings is 4. The van der Waals surface area contributed by atoms with Gasteiger partial charge in [-0.05, 0) is 67.5 Å². The molecule has 13 heteroatoms. The van der Waals surface area contributed by atoms with E-state index in [2.05, 4.69) is 5.32 Å². The molecule has 3 atom stereocenters. The van der Waals surface area contributed by atoms with Crippen molar-refractivity contribution in [3.63, 3.8) is 0 Å². The fourth-order valence-corrected chi connectivity index (χ4v) is 6.88. The molecule has 1 fully saturated rings. The maximum Gasteiger partial charge on any atom is 0.410 e. The Bertz CT molecular complexity index is 2050. The molecule has 0 aliphatic carbocycles. The summed E-state index contributed by atoms with van der Waals surface area (Å²) in [5.74, 6) is -1.39. The first-order valence-corrected chi connectivity index (χ1v) is 19.5. The van der Waals surface area contributed by atoms with Crippen molar-refractivity contribution in [2.75, 3.05) is 33.3 Å². The minimum atomic E-state index is -1.22. The number of likely N-dealkylation sites (N-methyl/N-ethyl adjacent to an activating group) is 1. The molecule has 1 heterocycles. The molecule has 0 aromatic heterocycles. The standard InChI is InChI=1S/C45H54N4O9/c1-30(2)25-36(47(6)44(55)58-45(3,4)5)41(51)49-24-23-48(43(53)54)27-37(49)40(50)46-34(26-31-15-9-7-10-16-31)29-56-38-22-21-33-19-13-14-20-35(33)39(38)42(52)57-28-32-17-11-8-12-18-32/h7-22,30,34,36-37H,23-29H2,1-6H3,(H,46,50)(H,53,54)/t34-,36+,37-/m1/s1. The Kier molecular flexibility index (Phi) is 14.4. The van der Waals surface area contributed by atoms with Gasteiger partial charge in [0, 0.05) is 20.1 Å². The summed E-state index contributed by atoms with van der Waals surface area (Å²) in [5, 5.41) is 14.5. The van der Waals surface area contributed by atoms with Crippen LogP contribution in [0.25, 0.3) is 10.8 Å². The van der Waals surface area contributed by atoms with E-state index >= 15 is 0 Å². The SMILES string of the molecule is CC(C)C[C@@H](C(=O)N1CCN(C(=O)O)C[C@@H]1C(=O)N[C@@H](COc1ccc2ccccc2c1C(=O)OCc1ccccc1)Cc1ccccc1)N(C)C(=O)OC(C)(C)C. The van der Waals surface area contributed by atoms with Crippen LogP contribution in [0, 0.1) is 5.92 Å². The van der Waals surface area contributed by atoms with Crippen molar-refractivity contribution in [1.82, 2.24) is 20.0 Å². The number of hydrogen-bond acceptors (Lipinski definition) is 8. The second kappa shape index (κ2) is 19.4. The monoisotopic (exact) mass is 794 g/mol. The van der Waals surface area contributed by atoms with Crippen LogP contribution in [0.1, 0.15) is 62.5 Å². The lowest BCUT2D eigenvalue weighted by Crippen LogP contribution is -2.65. The lowest BCUT2D eigenvalue weighted by molar-refractivity contribution is -0.148. The summed E-state index contributed by atoms with van der Waals surface area (Å²) in [6.45, 7) is 8.67. The highest BCUT2D eigenvalue weighted by Crippen LogP contribution is 2.30. The second-order valence-corrected chi connectivity index (χ2v) is 15.9. The number of amides is 4. The van der Waals surface area contributed by atoms with E-state index in [4.69, 9.17) is 14.2 Å². The molecule has 308 valence electrons. The first-order chi connectivity index (χ1) is 27.6. The van der Waals surface area contributed by atoms with Gasteiger partial charge in [0.25, 0.3) is 0 Å². The van der Waals surface area contributed by atoms with Crippen molar-refractivity contribution >= 4 is 40.7 Å². The summed E-state index contributed by atoms with van der Waals surface area (Å²) in [7, 11) is 1.49. The maximum atomic E-state index is 14.4. The van der Waals surface area contributed by atoms with Gasteiger partial charge in [0.2, 0.25) is 11.8 Å². The van der Waals surface area contributed by atoms with Crippen molar-refractivity contribution < 1.29 is 43.3 Å². The van der Waals surface area contributed by atoms with Crippen LogP contribution in [0.15, 0.2) is 97.1 Å². The number of carboxylic acid groups (broad SMARTS) is 1. The van der Waals surface area contributed by atoms with Gasteiger partial charge >= 0.3 is 18.2 Å². The van der Waals surface area contributed by atoms with Gasteiger partial charge in [-0.15, -0.1) is 0 Å². The van der Waals surface area contributed by atoms with E-state index in [1.54, 1.807) is 26.8 Å². The minimum Gasteiger partial charge on any atom is -0.491 e. The van der Waals surface area contributed by atoms with Gasteiger partial charge in [-0.3, -0.25) is 14.5 Å². The first kappa shape index (κ1) is 43.0. The summed E-state index contributed by atoms with van der Waals surface area (Å²) >= 11 is 0. The van der Waals surface area contributed by atoms with Crippen LogP contribution in [0.2, 0.25) is 0 Å². The van der Waals surface area contributed by atoms with Crippen molar-refractivity contribution in [1.29, 1.82) is 0 Å². The molecule has 0 saturated carbocycles. The number of rotatable bonds is 14. The second-order valence-electron chi connectivity index (χ2n) is 15.9. The van der Waals surface area contributed by atoms with Crippen LogP contribution in [-0.2, 0) is 32.1 Å². The van der Waals surface area contributed by atoms with Crippen LogP contribution in [0.3, 0.4) is 0 Å². The summed E-state index contributed by atoms with van der Waals surface area (Å²) in [6.07, 6.45) is -1.31. The molecule has 4 amide bonds. The van der Waals surface area contributed by atoms with Crippen LogP contribution < -0.4 is 10.1 Å². The highest BCUT2D eigenvalue weighted by Gasteiger charge is 2.42. The van der Waals surface area contributed by atoms with Gasteiger partial charge in [-0.25, -0.2) is 14.4 Å². The van der Waals surface area contributed by atoms with Gasteiger partial charge in [0.1, 0.15) is 42.2 Å². The van der Waals surface area contributed by atoms with Gasteiger partial charge in [0.05, 0.1) is 12.6 Å². The zero-order chi connectivity index (χ0) is 42.0. The lowest BCUT2D eigenvalue weighted by Gasteiger charge is -2.42. The van der Waals surface area contributed by atoms with E-state index in [0.717, 1.165) is 21.4 Å². The highest BCUT2D eigenvalue weighted by atomic mass is 16.6. The topological polar surface area (TPSA) is 155 Å². The summed E-state index contributed by atoms with van der Waals surface area (Å²) in [5.41, 5.74) is 1.15. The zero-order valence-corrected chi connectivity index (χ0v) is 34.1. The van der Waals surface area contributed by atoms with Crippen LogP contribution >= 0.6 is 0 Å². The minimum absolute atomic E-state index is 0.00515. The zero-order valence-electron chi connectivity index (χ0n) is 34.1. The molecule has 4 aromatic carbocycles. The number of nitrogens with one attached hydrogen (secondary N) is 1. The summed E-state index contributed by atoms with van der Waals surface area (Å²) in [6, 6.07) is 26.9. The predicted octanol–water partition coefficient (Wildman–Crippen LogP) is 6.78. The predicted molar refractivity (Wildman–Crippen MR) is 219 cm³/mol. The van der Waals surface area contributed by atoms with Crippen molar-refractivity contribution in [2.24, 2.45) is 5.92 Å². The molecule has 4 aromatic rings. The molecule has 5 rings (SSSR count). The Balaban J connectivity index is 1.43. The first-order valence-electron chi connectivity index (χ1n) is 19.5. The molecule has 2 N–H and O–H groups in total. The van der Waals surface area contributed by atoms with E-state index in [1.165, 1.54) is 16.8 Å². The molecule has 0 unspecified atom stereocenters. The molecule has 1 aliphatic rings. The number of hydrogen-bond donors (Lipinski definition) is 2. The molecule has 1 aliphatic heterocycles. The highest BCUT2D eigenvalue weighted by molar-refractivity contribution is 6.07. The average molecular weight is 795 g/mol. The number of fused-ring (bicyclic) bond motifs is 1.